The normalized spacial score (nSPS) is 10.5. The number of para-hydroxylation sites is 1. The number of nitrogens with one attached hydrogen (secondary N) is 1. The Kier molecular flexibility index (Phi) is 5.33. The molecule has 0 saturated carbocycles. The Hall–Kier alpha value is -3.93. The van der Waals surface area contributed by atoms with Crippen molar-refractivity contribution >= 4 is 5.91 Å². The van der Waals surface area contributed by atoms with Crippen molar-refractivity contribution in [2.75, 3.05) is 0 Å². The minimum Gasteiger partial charge on any atom is -0.439 e. The maximum atomic E-state index is 12.8. The molecule has 2 aromatic heterocycles. The van der Waals surface area contributed by atoms with Gasteiger partial charge in [0.2, 0.25) is 5.88 Å². The molecule has 0 unspecified atom stereocenters. The summed E-state index contributed by atoms with van der Waals surface area (Å²) in [6, 6.07) is 22.5. The lowest BCUT2D eigenvalue weighted by Crippen LogP contribution is -2.23. The van der Waals surface area contributed by atoms with Crippen molar-refractivity contribution < 1.29 is 14.1 Å². The predicted molar refractivity (Wildman–Crippen MR) is 109 cm³/mol. The first-order chi connectivity index (χ1) is 14.2. The van der Waals surface area contributed by atoms with E-state index in [4.69, 9.17) is 9.26 Å². The van der Waals surface area contributed by atoms with Gasteiger partial charge in [-0.1, -0.05) is 53.7 Å². The first-order valence-corrected chi connectivity index (χ1v) is 9.18. The van der Waals surface area contributed by atoms with E-state index in [1.54, 1.807) is 19.2 Å². The van der Waals surface area contributed by atoms with E-state index in [1.165, 1.54) is 0 Å². The fourth-order valence-electron chi connectivity index (χ4n) is 2.93. The molecule has 2 aromatic carbocycles. The van der Waals surface area contributed by atoms with E-state index in [1.807, 2.05) is 66.7 Å². The molecule has 0 bridgehead atoms. The van der Waals surface area contributed by atoms with Gasteiger partial charge in [0.1, 0.15) is 22.8 Å². The maximum absolute atomic E-state index is 12.8. The van der Waals surface area contributed by atoms with Gasteiger partial charge in [-0.2, -0.15) is 0 Å². The molecule has 0 aliphatic heterocycles. The SMILES string of the molecule is Cc1onc(-c2ccccc2)c1C(=O)NCc1ccnc(Oc2ccccc2)c1. The smallest absolute Gasteiger partial charge is 0.257 e. The highest BCUT2D eigenvalue weighted by Gasteiger charge is 2.21. The van der Waals surface area contributed by atoms with Crippen LogP contribution in [0.25, 0.3) is 11.3 Å². The molecule has 144 valence electrons. The molecule has 6 nitrogen and oxygen atoms in total. The third-order valence-corrected chi connectivity index (χ3v) is 4.35. The minimum atomic E-state index is -0.245. The number of hydrogen-bond acceptors (Lipinski definition) is 5. The zero-order valence-corrected chi connectivity index (χ0v) is 15.8. The van der Waals surface area contributed by atoms with Crippen LogP contribution in [-0.2, 0) is 6.54 Å². The lowest BCUT2D eigenvalue weighted by atomic mass is 10.1. The van der Waals surface area contributed by atoms with Crippen molar-refractivity contribution in [3.63, 3.8) is 0 Å². The maximum Gasteiger partial charge on any atom is 0.257 e. The zero-order chi connectivity index (χ0) is 20.1. The van der Waals surface area contributed by atoms with Crippen LogP contribution in [-0.4, -0.2) is 16.0 Å². The molecule has 1 amide bonds. The monoisotopic (exact) mass is 385 g/mol. The second kappa shape index (κ2) is 8.39. The third kappa shape index (κ3) is 4.32. The van der Waals surface area contributed by atoms with Crippen LogP contribution in [0.3, 0.4) is 0 Å². The first-order valence-electron chi connectivity index (χ1n) is 9.18. The molecule has 6 heteroatoms. The van der Waals surface area contributed by atoms with Crippen LogP contribution < -0.4 is 10.1 Å². The lowest BCUT2D eigenvalue weighted by molar-refractivity contribution is 0.0950. The topological polar surface area (TPSA) is 77.3 Å². The third-order valence-electron chi connectivity index (χ3n) is 4.35. The van der Waals surface area contributed by atoms with Gasteiger partial charge < -0.3 is 14.6 Å². The summed E-state index contributed by atoms with van der Waals surface area (Å²) >= 11 is 0. The number of rotatable bonds is 6. The summed E-state index contributed by atoms with van der Waals surface area (Å²) in [5, 5.41) is 6.98. The van der Waals surface area contributed by atoms with Crippen molar-refractivity contribution in [2.24, 2.45) is 0 Å². The van der Waals surface area contributed by atoms with Crippen LogP contribution in [0.15, 0.2) is 83.5 Å². The van der Waals surface area contributed by atoms with Crippen LogP contribution in [0.5, 0.6) is 11.6 Å². The highest BCUT2D eigenvalue weighted by molar-refractivity contribution is 6.00. The number of aryl methyl sites for hydroxylation is 1. The van der Waals surface area contributed by atoms with E-state index < -0.39 is 0 Å². The Bertz CT molecular complexity index is 1110. The van der Waals surface area contributed by atoms with Crippen molar-refractivity contribution in [3.05, 3.63) is 95.9 Å². The molecule has 1 N–H and O–H groups in total. The summed E-state index contributed by atoms with van der Waals surface area (Å²) in [4.78, 5) is 17.0. The van der Waals surface area contributed by atoms with Gasteiger partial charge in [-0.25, -0.2) is 4.98 Å². The van der Waals surface area contributed by atoms with Crippen molar-refractivity contribution in [1.29, 1.82) is 0 Å². The lowest BCUT2D eigenvalue weighted by Gasteiger charge is -2.08. The Morgan fingerprint density at radius 2 is 1.76 bits per heavy atom. The van der Waals surface area contributed by atoms with Gasteiger partial charge in [0.15, 0.2) is 0 Å². The van der Waals surface area contributed by atoms with Gasteiger partial charge in [0.05, 0.1) is 0 Å². The van der Waals surface area contributed by atoms with E-state index in [0.717, 1.165) is 11.1 Å². The number of carbonyl (C=O) groups excluding carboxylic acids is 1. The molecular formula is C23H19N3O3. The molecule has 0 atom stereocenters. The summed E-state index contributed by atoms with van der Waals surface area (Å²) in [6.45, 7) is 2.05. The van der Waals surface area contributed by atoms with Gasteiger partial charge >= 0.3 is 0 Å². The molecule has 29 heavy (non-hydrogen) atoms. The number of pyridine rings is 1. The molecule has 0 spiro atoms. The van der Waals surface area contributed by atoms with E-state index >= 15 is 0 Å². The number of hydrogen-bond donors (Lipinski definition) is 1. The highest BCUT2D eigenvalue weighted by Crippen LogP contribution is 2.25. The summed E-state index contributed by atoms with van der Waals surface area (Å²) in [5.41, 5.74) is 2.67. The molecule has 0 aliphatic rings. The van der Waals surface area contributed by atoms with E-state index in [2.05, 4.69) is 15.5 Å². The van der Waals surface area contributed by atoms with Crippen LogP contribution in [0.2, 0.25) is 0 Å². The van der Waals surface area contributed by atoms with Gasteiger partial charge in [-0.15, -0.1) is 0 Å². The van der Waals surface area contributed by atoms with Gasteiger partial charge in [0, 0.05) is 24.4 Å². The Morgan fingerprint density at radius 3 is 2.52 bits per heavy atom. The van der Waals surface area contributed by atoms with Crippen LogP contribution >= 0.6 is 0 Å². The first kappa shape index (κ1) is 18.4. The van der Waals surface area contributed by atoms with E-state index in [9.17, 15) is 4.79 Å². The molecule has 0 aliphatic carbocycles. The molecular weight excluding hydrogens is 366 g/mol. The minimum absolute atomic E-state index is 0.245. The molecule has 0 radical (unpaired) electrons. The predicted octanol–water partition coefficient (Wildman–Crippen LogP) is 4.77. The van der Waals surface area contributed by atoms with E-state index in [0.29, 0.717) is 35.2 Å². The van der Waals surface area contributed by atoms with Crippen molar-refractivity contribution in [3.8, 4) is 22.9 Å². The molecule has 2 heterocycles. The summed E-state index contributed by atoms with van der Waals surface area (Å²) in [7, 11) is 0. The quantitative estimate of drug-likeness (QED) is 0.517. The van der Waals surface area contributed by atoms with Crippen LogP contribution in [0.1, 0.15) is 21.7 Å². The molecule has 4 rings (SSSR count). The molecule has 0 fully saturated rings. The van der Waals surface area contributed by atoms with Gasteiger partial charge in [-0.3, -0.25) is 4.79 Å². The average molecular weight is 385 g/mol. The van der Waals surface area contributed by atoms with Gasteiger partial charge in [0.25, 0.3) is 5.91 Å². The van der Waals surface area contributed by atoms with Crippen molar-refractivity contribution in [1.82, 2.24) is 15.5 Å². The Labute approximate surface area is 168 Å². The number of ether oxygens (including phenoxy) is 1. The van der Waals surface area contributed by atoms with E-state index in [-0.39, 0.29) is 5.91 Å². The van der Waals surface area contributed by atoms with Gasteiger partial charge in [-0.05, 0) is 30.7 Å². The number of benzene rings is 2. The molecule has 4 aromatic rings. The number of nitrogens with zero attached hydrogens (tertiary/aromatic N) is 2. The Balaban J connectivity index is 1.47. The summed E-state index contributed by atoms with van der Waals surface area (Å²) < 4.78 is 11.0. The number of amides is 1. The number of aromatic nitrogens is 2. The van der Waals surface area contributed by atoms with Crippen LogP contribution in [0.4, 0.5) is 0 Å². The fraction of sp³-hybridized carbons (Fsp3) is 0.0870. The fourth-order valence-corrected chi connectivity index (χ4v) is 2.93. The van der Waals surface area contributed by atoms with Crippen molar-refractivity contribution in [2.45, 2.75) is 13.5 Å². The second-order valence-electron chi connectivity index (χ2n) is 6.43. The highest BCUT2D eigenvalue weighted by atomic mass is 16.5. The average Bonchev–Trinajstić information content (AvgIpc) is 3.15. The number of carbonyl (C=O) groups is 1. The zero-order valence-electron chi connectivity index (χ0n) is 15.8. The largest absolute Gasteiger partial charge is 0.439 e. The summed E-state index contributed by atoms with van der Waals surface area (Å²) in [6.07, 6.45) is 1.65. The van der Waals surface area contributed by atoms with Crippen LogP contribution in [0, 0.1) is 6.92 Å². The summed E-state index contributed by atoms with van der Waals surface area (Å²) in [5.74, 6) is 1.40. The molecule has 0 saturated heterocycles. The standard InChI is InChI=1S/C23H19N3O3/c1-16-21(22(26-29-16)18-8-4-2-5-9-18)23(27)25-15-17-12-13-24-20(14-17)28-19-10-6-3-7-11-19/h2-14H,15H2,1H3,(H,25,27). The second-order valence-corrected chi connectivity index (χ2v) is 6.43. The Morgan fingerprint density at radius 1 is 1.03 bits per heavy atom.